The van der Waals surface area contributed by atoms with E-state index in [0.29, 0.717) is 11.3 Å². The standard InChI is InChI=1S/C30H42N4O8S/c1-20(32-25(35)18-34-12-14-43(39,40)15-13-34)27(37)33-30(28(31)38,17-22-8-10-23(41-3)11-9-22)24(16-21-6-4-5-7-21)26(36)29(2)19-42-29/h6,8-11,20,24H,4-5,7,12-19H2,1-3H3,(H2,31,38)(H,32,35)(H,33,37)/t20-,24+,29+,30?/m0/s1. The lowest BCUT2D eigenvalue weighted by molar-refractivity contribution is -0.142. The van der Waals surface area contributed by atoms with Crippen molar-refractivity contribution in [3.63, 3.8) is 0 Å². The number of methoxy groups -OCH3 is 1. The lowest BCUT2D eigenvalue weighted by Gasteiger charge is -2.40. The number of benzene rings is 1. The predicted octanol–water partition coefficient (Wildman–Crippen LogP) is 0.288. The zero-order valence-electron chi connectivity index (χ0n) is 25.0. The van der Waals surface area contributed by atoms with Gasteiger partial charge in [-0.3, -0.25) is 24.1 Å². The number of epoxide rings is 1. The van der Waals surface area contributed by atoms with E-state index in [9.17, 15) is 27.6 Å². The van der Waals surface area contributed by atoms with E-state index < -0.39 is 50.7 Å². The number of carbonyl (C=O) groups is 4. The van der Waals surface area contributed by atoms with E-state index in [1.54, 1.807) is 36.1 Å². The summed E-state index contributed by atoms with van der Waals surface area (Å²) in [5, 5.41) is 5.47. The van der Waals surface area contributed by atoms with Crippen molar-refractivity contribution < 1.29 is 37.1 Å². The molecule has 3 amide bonds. The highest BCUT2D eigenvalue weighted by Crippen LogP contribution is 2.40. The number of rotatable bonds is 14. The van der Waals surface area contributed by atoms with Crippen LogP contribution in [0.4, 0.5) is 0 Å². The molecule has 0 spiro atoms. The number of hydrogen-bond donors (Lipinski definition) is 3. The summed E-state index contributed by atoms with van der Waals surface area (Å²) in [6.45, 7) is 3.73. The predicted molar refractivity (Wildman–Crippen MR) is 159 cm³/mol. The minimum Gasteiger partial charge on any atom is -0.497 e. The van der Waals surface area contributed by atoms with Crippen LogP contribution in [0.15, 0.2) is 35.9 Å². The second-order valence-corrected chi connectivity index (χ2v) is 14.3. The van der Waals surface area contributed by atoms with Gasteiger partial charge in [-0.2, -0.15) is 0 Å². The van der Waals surface area contributed by atoms with E-state index in [2.05, 4.69) is 16.7 Å². The van der Waals surface area contributed by atoms with Crippen LogP contribution in [0.5, 0.6) is 5.75 Å². The van der Waals surface area contributed by atoms with Crippen molar-refractivity contribution in [2.24, 2.45) is 11.7 Å². The number of amides is 3. The highest BCUT2D eigenvalue weighted by molar-refractivity contribution is 7.91. The molecule has 2 aliphatic heterocycles. The minimum absolute atomic E-state index is 0.0305. The summed E-state index contributed by atoms with van der Waals surface area (Å²) in [6, 6.07) is 5.86. The van der Waals surface area contributed by atoms with Crippen molar-refractivity contribution in [1.29, 1.82) is 0 Å². The summed E-state index contributed by atoms with van der Waals surface area (Å²) in [6.07, 6.45) is 4.80. The smallest absolute Gasteiger partial charge is 0.244 e. The summed E-state index contributed by atoms with van der Waals surface area (Å²) in [5.41, 5.74) is 4.86. The van der Waals surface area contributed by atoms with Crippen LogP contribution >= 0.6 is 0 Å². The molecule has 13 heteroatoms. The van der Waals surface area contributed by atoms with Gasteiger partial charge in [0, 0.05) is 19.5 Å². The van der Waals surface area contributed by atoms with E-state index in [-0.39, 0.29) is 56.4 Å². The Morgan fingerprint density at radius 2 is 1.81 bits per heavy atom. The highest BCUT2D eigenvalue weighted by atomic mass is 32.2. The molecule has 0 saturated carbocycles. The number of allylic oxidation sites excluding steroid dienone is 2. The molecule has 2 saturated heterocycles. The van der Waals surface area contributed by atoms with Gasteiger partial charge >= 0.3 is 0 Å². The molecule has 4 rings (SSSR count). The number of nitrogens with one attached hydrogen (secondary N) is 2. The second-order valence-electron chi connectivity index (χ2n) is 12.0. The van der Waals surface area contributed by atoms with Gasteiger partial charge in [0.2, 0.25) is 17.7 Å². The Labute approximate surface area is 252 Å². The summed E-state index contributed by atoms with van der Waals surface area (Å²) < 4.78 is 34.2. The number of ketones is 1. The molecule has 1 aliphatic carbocycles. The molecule has 4 N–H and O–H groups in total. The third-order valence-electron chi connectivity index (χ3n) is 8.61. The minimum atomic E-state index is -3.11. The number of primary amides is 1. The summed E-state index contributed by atoms with van der Waals surface area (Å²) in [4.78, 5) is 55.7. The van der Waals surface area contributed by atoms with E-state index in [1.165, 1.54) is 14.0 Å². The largest absolute Gasteiger partial charge is 0.497 e. The molecule has 0 bridgehead atoms. The van der Waals surface area contributed by atoms with Crippen molar-refractivity contribution in [1.82, 2.24) is 15.5 Å². The number of nitrogens with zero attached hydrogens (tertiary/aromatic N) is 1. The van der Waals surface area contributed by atoms with E-state index in [1.807, 2.05) is 0 Å². The maximum Gasteiger partial charge on any atom is 0.244 e. The van der Waals surface area contributed by atoms with E-state index in [4.69, 9.17) is 15.2 Å². The number of Topliss-reactive ketones (excluding diaryl/α,β-unsaturated/α-hetero) is 1. The Hall–Kier alpha value is -3.29. The molecule has 236 valence electrons. The molecule has 0 aromatic heterocycles. The van der Waals surface area contributed by atoms with E-state index in [0.717, 1.165) is 24.8 Å². The Bertz CT molecular complexity index is 1360. The molecule has 43 heavy (non-hydrogen) atoms. The molecule has 1 aromatic carbocycles. The Kier molecular flexibility index (Phi) is 9.97. The SMILES string of the molecule is COc1ccc(CC(NC(=O)[C@H](C)NC(=O)CN2CCS(=O)(=O)CC2)(C(N)=O)[C@H](CC2=CCCC2)C(=O)[C@@]2(C)CO2)cc1. The van der Waals surface area contributed by atoms with Gasteiger partial charge < -0.3 is 25.8 Å². The summed E-state index contributed by atoms with van der Waals surface area (Å²) in [7, 11) is -1.57. The molecule has 2 fully saturated rings. The van der Waals surface area contributed by atoms with Gasteiger partial charge in [-0.25, -0.2) is 8.42 Å². The molecule has 3 aliphatic rings. The van der Waals surface area contributed by atoms with Crippen molar-refractivity contribution in [2.75, 3.05) is 44.9 Å². The van der Waals surface area contributed by atoms with Crippen LogP contribution in [0, 0.1) is 5.92 Å². The lowest BCUT2D eigenvalue weighted by atomic mass is 9.70. The summed E-state index contributed by atoms with van der Waals surface area (Å²) in [5.74, 6) is -2.81. The topological polar surface area (TPSA) is 178 Å². The van der Waals surface area contributed by atoms with Crippen LogP contribution in [-0.4, -0.2) is 98.9 Å². The van der Waals surface area contributed by atoms with Crippen molar-refractivity contribution in [3.8, 4) is 5.75 Å². The molecule has 1 aromatic rings. The quantitative estimate of drug-likeness (QED) is 0.195. The third kappa shape index (κ3) is 8.01. The van der Waals surface area contributed by atoms with Crippen LogP contribution in [0.1, 0.15) is 45.1 Å². The van der Waals surface area contributed by atoms with Gasteiger partial charge in [0.1, 0.15) is 22.9 Å². The first-order valence-corrected chi connectivity index (χ1v) is 16.4. The number of ether oxygens (including phenoxy) is 2. The normalized spacial score (nSPS) is 24.1. The lowest BCUT2D eigenvalue weighted by Crippen LogP contribution is -2.68. The van der Waals surface area contributed by atoms with Crippen LogP contribution in [0.2, 0.25) is 0 Å². The second kappa shape index (κ2) is 13.1. The van der Waals surface area contributed by atoms with Gasteiger partial charge in [-0.15, -0.1) is 0 Å². The molecule has 2 heterocycles. The molecule has 4 atom stereocenters. The number of carbonyl (C=O) groups excluding carboxylic acids is 4. The number of hydrogen-bond acceptors (Lipinski definition) is 9. The van der Waals surface area contributed by atoms with Crippen molar-refractivity contribution in [3.05, 3.63) is 41.5 Å². The fourth-order valence-electron chi connectivity index (χ4n) is 5.73. The Morgan fingerprint density at radius 3 is 2.35 bits per heavy atom. The van der Waals surface area contributed by atoms with E-state index >= 15 is 0 Å². The molecular weight excluding hydrogens is 576 g/mol. The monoisotopic (exact) mass is 618 g/mol. The first-order valence-electron chi connectivity index (χ1n) is 14.6. The van der Waals surface area contributed by atoms with Crippen molar-refractivity contribution >= 4 is 33.3 Å². The zero-order valence-corrected chi connectivity index (χ0v) is 25.8. The van der Waals surface area contributed by atoms with Gasteiger partial charge in [0.25, 0.3) is 0 Å². The maximum absolute atomic E-state index is 14.0. The number of sulfone groups is 1. The zero-order chi connectivity index (χ0) is 31.4. The van der Waals surface area contributed by atoms with Crippen molar-refractivity contribution in [2.45, 2.75) is 63.1 Å². The first kappa shape index (κ1) is 32.6. The number of nitrogens with two attached hydrogens (primary N) is 1. The fraction of sp³-hybridized carbons (Fsp3) is 0.600. The average molecular weight is 619 g/mol. The molecule has 1 unspecified atom stereocenters. The molecular formula is C30H42N4O8S. The third-order valence-corrected chi connectivity index (χ3v) is 10.2. The Morgan fingerprint density at radius 1 is 1.16 bits per heavy atom. The van der Waals surface area contributed by atoms with Crippen LogP contribution in [0.3, 0.4) is 0 Å². The molecule has 12 nitrogen and oxygen atoms in total. The average Bonchev–Trinajstić information content (AvgIpc) is 3.50. The fourth-order valence-corrected chi connectivity index (χ4v) is 7.00. The summed E-state index contributed by atoms with van der Waals surface area (Å²) >= 11 is 0. The Balaban J connectivity index is 1.60. The van der Waals surface area contributed by atoms with Gasteiger partial charge in [-0.05, 0) is 57.2 Å². The van der Waals surface area contributed by atoms with Gasteiger partial charge in [0.05, 0.1) is 37.7 Å². The molecule has 0 radical (unpaired) electrons. The van der Waals surface area contributed by atoms with Crippen LogP contribution < -0.4 is 21.1 Å². The maximum atomic E-state index is 14.0. The van der Waals surface area contributed by atoms with Gasteiger partial charge in [-0.1, -0.05) is 23.8 Å². The first-order chi connectivity index (χ1) is 20.3. The van der Waals surface area contributed by atoms with Crippen LogP contribution in [0.25, 0.3) is 0 Å². The highest BCUT2D eigenvalue weighted by Gasteiger charge is 2.58. The van der Waals surface area contributed by atoms with Gasteiger partial charge in [0.15, 0.2) is 15.6 Å². The van der Waals surface area contributed by atoms with Crippen LogP contribution in [-0.2, 0) is 40.2 Å².